The normalized spacial score (nSPS) is 31.1. The predicted molar refractivity (Wildman–Crippen MR) is 81.3 cm³/mol. The molecule has 4 unspecified atom stereocenters. The van der Waals surface area contributed by atoms with E-state index in [-0.39, 0.29) is 0 Å². The minimum atomic E-state index is 0.566. The first-order valence-electron chi connectivity index (χ1n) is 7.96. The summed E-state index contributed by atoms with van der Waals surface area (Å²) in [5.74, 6) is 3.51. The van der Waals surface area contributed by atoms with E-state index < -0.39 is 0 Å². The third-order valence-corrected chi connectivity index (χ3v) is 5.49. The van der Waals surface area contributed by atoms with Gasteiger partial charge < -0.3 is 5.32 Å². The molecule has 104 valence electrons. The number of nitrogens with one attached hydrogen (secondary N) is 1. The van der Waals surface area contributed by atoms with Crippen molar-refractivity contribution in [2.45, 2.75) is 51.5 Å². The fourth-order valence-electron chi connectivity index (χ4n) is 4.42. The van der Waals surface area contributed by atoms with Crippen LogP contribution >= 0.6 is 0 Å². The van der Waals surface area contributed by atoms with Gasteiger partial charge in [-0.2, -0.15) is 0 Å². The van der Waals surface area contributed by atoms with Crippen LogP contribution < -0.4 is 5.32 Å². The van der Waals surface area contributed by atoms with Gasteiger partial charge in [-0.3, -0.25) is 0 Å². The standard InChI is InChI=1S/C18H27N/c1-12(2)14-6-8-15(9-7-14)18(19-3)17-11-13-4-5-16(17)10-13/h6-9,12-13,16-19H,4-5,10-11H2,1-3H3. The maximum Gasteiger partial charge on any atom is 0.0348 e. The Kier molecular flexibility index (Phi) is 3.66. The molecule has 1 aromatic rings. The van der Waals surface area contributed by atoms with Gasteiger partial charge in [-0.05, 0) is 61.1 Å². The van der Waals surface area contributed by atoms with E-state index in [1.807, 2.05) is 0 Å². The lowest BCUT2D eigenvalue weighted by Crippen LogP contribution is -2.28. The van der Waals surface area contributed by atoms with Crippen molar-refractivity contribution in [1.82, 2.24) is 5.32 Å². The second kappa shape index (κ2) is 5.28. The van der Waals surface area contributed by atoms with Gasteiger partial charge in [0, 0.05) is 6.04 Å². The molecular formula is C18H27N. The monoisotopic (exact) mass is 257 g/mol. The van der Waals surface area contributed by atoms with Crippen molar-refractivity contribution >= 4 is 0 Å². The van der Waals surface area contributed by atoms with Crippen LogP contribution in [0.1, 0.15) is 62.6 Å². The lowest BCUT2D eigenvalue weighted by molar-refractivity contribution is 0.259. The molecule has 3 rings (SSSR count). The average Bonchev–Trinajstić information content (AvgIpc) is 3.03. The fourth-order valence-corrected chi connectivity index (χ4v) is 4.42. The summed E-state index contributed by atoms with van der Waals surface area (Å²) in [5, 5.41) is 3.59. The van der Waals surface area contributed by atoms with E-state index in [1.165, 1.54) is 36.8 Å². The summed E-state index contributed by atoms with van der Waals surface area (Å²) in [7, 11) is 2.13. The van der Waals surface area contributed by atoms with Crippen molar-refractivity contribution in [3.8, 4) is 0 Å². The Labute approximate surface area is 117 Å². The van der Waals surface area contributed by atoms with Crippen LogP contribution in [0.5, 0.6) is 0 Å². The Balaban J connectivity index is 1.78. The van der Waals surface area contributed by atoms with Crippen LogP contribution in [-0.4, -0.2) is 7.05 Å². The average molecular weight is 257 g/mol. The molecule has 0 heterocycles. The number of hydrogen-bond donors (Lipinski definition) is 1. The molecule has 1 N–H and O–H groups in total. The third-order valence-electron chi connectivity index (χ3n) is 5.49. The molecule has 2 bridgehead atoms. The second-order valence-electron chi connectivity index (χ2n) is 6.93. The summed E-state index contributed by atoms with van der Waals surface area (Å²) < 4.78 is 0. The first-order chi connectivity index (χ1) is 9.19. The largest absolute Gasteiger partial charge is 0.313 e. The van der Waals surface area contributed by atoms with Crippen molar-refractivity contribution in [3.05, 3.63) is 35.4 Å². The highest BCUT2D eigenvalue weighted by Crippen LogP contribution is 2.52. The second-order valence-corrected chi connectivity index (χ2v) is 6.93. The van der Waals surface area contributed by atoms with Crippen molar-refractivity contribution < 1.29 is 0 Å². The van der Waals surface area contributed by atoms with Gasteiger partial charge in [0.25, 0.3) is 0 Å². The lowest BCUT2D eigenvalue weighted by atomic mass is 9.80. The maximum atomic E-state index is 3.59. The number of rotatable bonds is 4. The Morgan fingerprint density at radius 1 is 1.00 bits per heavy atom. The zero-order chi connectivity index (χ0) is 13.4. The summed E-state index contributed by atoms with van der Waals surface area (Å²) in [4.78, 5) is 0. The van der Waals surface area contributed by atoms with Crippen molar-refractivity contribution in [1.29, 1.82) is 0 Å². The minimum absolute atomic E-state index is 0.566. The van der Waals surface area contributed by atoms with Gasteiger partial charge in [-0.25, -0.2) is 0 Å². The lowest BCUT2D eigenvalue weighted by Gasteiger charge is -2.31. The fraction of sp³-hybridized carbons (Fsp3) is 0.667. The topological polar surface area (TPSA) is 12.0 Å². The molecule has 0 amide bonds. The first kappa shape index (κ1) is 13.2. The Hall–Kier alpha value is -0.820. The van der Waals surface area contributed by atoms with Gasteiger partial charge in [0.1, 0.15) is 0 Å². The zero-order valence-corrected chi connectivity index (χ0v) is 12.5. The van der Waals surface area contributed by atoms with E-state index in [4.69, 9.17) is 0 Å². The molecule has 1 heteroatoms. The summed E-state index contributed by atoms with van der Waals surface area (Å²) in [6.07, 6.45) is 5.90. The van der Waals surface area contributed by atoms with Crippen molar-refractivity contribution in [2.75, 3.05) is 7.05 Å². The number of fused-ring (bicyclic) bond motifs is 2. The van der Waals surface area contributed by atoms with Gasteiger partial charge in [0.15, 0.2) is 0 Å². The molecule has 2 aliphatic carbocycles. The molecule has 2 saturated carbocycles. The Morgan fingerprint density at radius 3 is 2.16 bits per heavy atom. The molecule has 0 saturated heterocycles. The van der Waals surface area contributed by atoms with Crippen molar-refractivity contribution in [2.24, 2.45) is 17.8 Å². The van der Waals surface area contributed by atoms with Crippen LogP contribution in [0.15, 0.2) is 24.3 Å². The van der Waals surface area contributed by atoms with Gasteiger partial charge in [-0.15, -0.1) is 0 Å². The van der Waals surface area contributed by atoms with Crippen LogP contribution in [0.3, 0.4) is 0 Å². The van der Waals surface area contributed by atoms with E-state index in [9.17, 15) is 0 Å². The Morgan fingerprint density at radius 2 is 1.68 bits per heavy atom. The zero-order valence-electron chi connectivity index (χ0n) is 12.5. The Bertz CT molecular complexity index is 420. The van der Waals surface area contributed by atoms with E-state index in [0.29, 0.717) is 12.0 Å². The van der Waals surface area contributed by atoms with Crippen LogP contribution in [0.25, 0.3) is 0 Å². The number of hydrogen-bond acceptors (Lipinski definition) is 1. The van der Waals surface area contributed by atoms with Crippen molar-refractivity contribution in [3.63, 3.8) is 0 Å². The van der Waals surface area contributed by atoms with E-state index in [2.05, 4.69) is 50.5 Å². The molecule has 2 fully saturated rings. The SMILES string of the molecule is CNC(c1ccc(C(C)C)cc1)C1CC2CCC1C2. The van der Waals surface area contributed by atoms with Crippen LogP contribution in [0, 0.1) is 17.8 Å². The number of benzene rings is 1. The molecule has 2 aliphatic rings. The third kappa shape index (κ3) is 2.45. The molecular weight excluding hydrogens is 230 g/mol. The summed E-state index contributed by atoms with van der Waals surface area (Å²) in [6, 6.07) is 9.90. The van der Waals surface area contributed by atoms with E-state index in [1.54, 1.807) is 0 Å². The highest BCUT2D eigenvalue weighted by Gasteiger charge is 2.42. The molecule has 1 aromatic carbocycles. The quantitative estimate of drug-likeness (QED) is 0.837. The van der Waals surface area contributed by atoms with E-state index in [0.717, 1.165) is 17.8 Å². The van der Waals surface area contributed by atoms with Gasteiger partial charge in [0.2, 0.25) is 0 Å². The molecule has 0 spiro atoms. The predicted octanol–water partition coefficient (Wildman–Crippen LogP) is 4.51. The molecule has 0 aromatic heterocycles. The van der Waals surface area contributed by atoms with Crippen LogP contribution in [-0.2, 0) is 0 Å². The summed E-state index contributed by atoms with van der Waals surface area (Å²) in [6.45, 7) is 4.53. The van der Waals surface area contributed by atoms with Crippen LogP contribution in [0.2, 0.25) is 0 Å². The molecule has 0 aliphatic heterocycles. The first-order valence-corrected chi connectivity index (χ1v) is 7.96. The molecule has 0 radical (unpaired) electrons. The summed E-state index contributed by atoms with van der Waals surface area (Å²) >= 11 is 0. The smallest absolute Gasteiger partial charge is 0.0348 e. The highest BCUT2D eigenvalue weighted by molar-refractivity contribution is 5.27. The molecule has 19 heavy (non-hydrogen) atoms. The van der Waals surface area contributed by atoms with Gasteiger partial charge >= 0.3 is 0 Å². The molecule has 1 nitrogen and oxygen atoms in total. The van der Waals surface area contributed by atoms with Crippen LogP contribution in [0.4, 0.5) is 0 Å². The summed E-state index contributed by atoms with van der Waals surface area (Å²) in [5.41, 5.74) is 2.94. The van der Waals surface area contributed by atoms with Gasteiger partial charge in [0.05, 0.1) is 0 Å². The van der Waals surface area contributed by atoms with Gasteiger partial charge in [-0.1, -0.05) is 44.5 Å². The van der Waals surface area contributed by atoms with E-state index >= 15 is 0 Å². The minimum Gasteiger partial charge on any atom is -0.313 e. The molecule has 4 atom stereocenters. The maximum absolute atomic E-state index is 3.59. The highest BCUT2D eigenvalue weighted by atomic mass is 14.9.